The second-order valence-corrected chi connectivity index (χ2v) is 6.01. The van der Waals surface area contributed by atoms with Gasteiger partial charge in [0.15, 0.2) is 0 Å². The average Bonchev–Trinajstić information content (AvgIpc) is 2.66. The fraction of sp³-hybridized carbons (Fsp3) is 0.105. The highest BCUT2D eigenvalue weighted by molar-refractivity contribution is 6.30. The molecule has 1 atom stereocenters. The lowest BCUT2D eigenvalue weighted by molar-refractivity contribution is 0.0916. The topological polar surface area (TPSA) is 75.1 Å². The van der Waals surface area contributed by atoms with E-state index in [1.54, 1.807) is 54.6 Å². The molecule has 1 aromatic heterocycles. The number of benzene rings is 2. The summed E-state index contributed by atoms with van der Waals surface area (Å²) in [6.45, 7) is 0.0536. The number of nitrogens with zero attached hydrogens (tertiary/aromatic N) is 2. The Balaban J connectivity index is 1.63. The van der Waals surface area contributed by atoms with Crippen LogP contribution in [0, 0.1) is 6.08 Å². The Hall–Kier alpha value is -2.83. The van der Waals surface area contributed by atoms with E-state index in [1.807, 2.05) is 0 Å². The number of aliphatic hydroxyl groups excluding tert-OH is 1. The summed E-state index contributed by atoms with van der Waals surface area (Å²) in [6.07, 6.45) is -0.338. The summed E-state index contributed by atoms with van der Waals surface area (Å²) in [5, 5.41) is 13.3. The standard InChI is InChI=1S/C19H15ClFN3O2/c20-15-3-1-2-14(10-15)17(25)11-23-18(26)13-6-4-12(5-7-13)16-8-9-22-19(21)24-16/h1-10,17,25H,11H2,(H,23,26). The number of aromatic nitrogens is 2. The zero-order valence-corrected chi connectivity index (χ0v) is 14.3. The maximum absolute atomic E-state index is 13.1. The molecule has 0 aliphatic heterocycles. The Morgan fingerprint density at radius 3 is 2.65 bits per heavy atom. The summed E-state index contributed by atoms with van der Waals surface area (Å²) in [7, 11) is 0. The van der Waals surface area contributed by atoms with Crippen molar-refractivity contribution in [3.05, 3.63) is 83.0 Å². The minimum Gasteiger partial charge on any atom is -0.387 e. The highest BCUT2D eigenvalue weighted by Crippen LogP contribution is 2.18. The van der Waals surface area contributed by atoms with E-state index in [1.165, 1.54) is 6.20 Å². The van der Waals surface area contributed by atoms with Crippen LogP contribution in [0.15, 0.2) is 60.8 Å². The van der Waals surface area contributed by atoms with Crippen molar-refractivity contribution in [1.29, 1.82) is 0 Å². The third kappa shape index (κ3) is 4.41. The van der Waals surface area contributed by atoms with Gasteiger partial charge in [-0.15, -0.1) is 0 Å². The molecule has 1 unspecified atom stereocenters. The highest BCUT2D eigenvalue weighted by atomic mass is 35.5. The first-order chi connectivity index (χ1) is 12.5. The van der Waals surface area contributed by atoms with Crippen LogP contribution < -0.4 is 5.32 Å². The number of carbonyl (C=O) groups is 1. The van der Waals surface area contributed by atoms with Gasteiger partial charge < -0.3 is 10.4 Å². The highest BCUT2D eigenvalue weighted by Gasteiger charge is 2.12. The minimum absolute atomic E-state index is 0.0536. The maximum atomic E-state index is 13.1. The summed E-state index contributed by atoms with van der Waals surface area (Å²) < 4.78 is 13.1. The predicted octanol–water partition coefficient (Wildman–Crippen LogP) is 3.40. The van der Waals surface area contributed by atoms with Crippen molar-refractivity contribution in [3.8, 4) is 11.3 Å². The third-order valence-electron chi connectivity index (χ3n) is 3.76. The molecule has 0 aliphatic rings. The molecule has 0 saturated heterocycles. The SMILES string of the molecule is O=C(NCC(O)c1cccc(Cl)c1)c1ccc(-c2ccnc(F)n2)cc1. The van der Waals surface area contributed by atoms with Crippen LogP contribution in [0.4, 0.5) is 4.39 Å². The molecular formula is C19H15ClFN3O2. The number of halogens is 2. The Morgan fingerprint density at radius 1 is 1.19 bits per heavy atom. The fourth-order valence-electron chi connectivity index (χ4n) is 2.41. The van der Waals surface area contributed by atoms with E-state index in [9.17, 15) is 14.3 Å². The molecule has 2 aromatic carbocycles. The predicted molar refractivity (Wildman–Crippen MR) is 96.2 cm³/mol. The van der Waals surface area contributed by atoms with Crippen LogP contribution in [0.25, 0.3) is 11.3 Å². The van der Waals surface area contributed by atoms with Crippen LogP contribution in [0.5, 0.6) is 0 Å². The quantitative estimate of drug-likeness (QED) is 0.674. The molecule has 0 spiro atoms. The van der Waals surface area contributed by atoms with Crippen molar-refractivity contribution in [2.24, 2.45) is 0 Å². The van der Waals surface area contributed by atoms with Crippen molar-refractivity contribution in [3.63, 3.8) is 0 Å². The zero-order valence-electron chi connectivity index (χ0n) is 13.6. The molecule has 2 N–H and O–H groups in total. The molecular weight excluding hydrogens is 357 g/mol. The monoisotopic (exact) mass is 371 g/mol. The lowest BCUT2D eigenvalue weighted by Gasteiger charge is -2.13. The van der Waals surface area contributed by atoms with Crippen molar-refractivity contribution in [2.45, 2.75) is 6.10 Å². The number of nitrogens with one attached hydrogen (secondary N) is 1. The van der Waals surface area contributed by atoms with Crippen LogP contribution in [0.2, 0.25) is 5.02 Å². The summed E-state index contributed by atoms with van der Waals surface area (Å²) >= 11 is 5.89. The first-order valence-electron chi connectivity index (χ1n) is 7.83. The molecule has 1 heterocycles. The fourth-order valence-corrected chi connectivity index (χ4v) is 2.61. The minimum atomic E-state index is -0.860. The molecule has 3 aromatic rings. The molecule has 0 saturated carbocycles. The van der Waals surface area contributed by atoms with E-state index < -0.39 is 12.2 Å². The van der Waals surface area contributed by atoms with Crippen LogP contribution in [-0.2, 0) is 0 Å². The van der Waals surface area contributed by atoms with Gasteiger partial charge in [0.1, 0.15) is 0 Å². The van der Waals surface area contributed by atoms with Crippen molar-refractivity contribution >= 4 is 17.5 Å². The summed E-state index contributed by atoms with van der Waals surface area (Å²) in [6, 6.07) is 15.0. The summed E-state index contributed by atoms with van der Waals surface area (Å²) in [5.74, 6) is -0.327. The summed E-state index contributed by atoms with van der Waals surface area (Å²) in [4.78, 5) is 19.3. The van der Waals surface area contributed by atoms with Crippen molar-refractivity contribution in [1.82, 2.24) is 15.3 Å². The van der Waals surface area contributed by atoms with Crippen molar-refractivity contribution < 1.29 is 14.3 Å². The first kappa shape index (κ1) is 18.0. The van der Waals surface area contributed by atoms with Gasteiger partial charge in [0.05, 0.1) is 11.8 Å². The van der Waals surface area contributed by atoms with Gasteiger partial charge in [0.2, 0.25) is 0 Å². The van der Waals surface area contributed by atoms with Crippen molar-refractivity contribution in [2.75, 3.05) is 6.54 Å². The van der Waals surface area contributed by atoms with E-state index in [-0.39, 0.29) is 12.5 Å². The Labute approximate surface area is 154 Å². The Bertz CT molecular complexity index is 919. The molecule has 0 fully saturated rings. The number of hydrogen-bond acceptors (Lipinski definition) is 4. The smallest absolute Gasteiger partial charge is 0.309 e. The molecule has 0 radical (unpaired) electrons. The Kier molecular flexibility index (Phi) is 5.55. The van der Waals surface area contributed by atoms with E-state index in [0.717, 1.165) is 0 Å². The number of rotatable bonds is 5. The second-order valence-electron chi connectivity index (χ2n) is 5.57. The van der Waals surface area contributed by atoms with Gasteiger partial charge in [-0.2, -0.15) is 4.39 Å². The van der Waals surface area contributed by atoms with Gasteiger partial charge in [0.25, 0.3) is 5.91 Å². The molecule has 7 heteroatoms. The number of hydrogen-bond donors (Lipinski definition) is 2. The normalized spacial score (nSPS) is 11.8. The largest absolute Gasteiger partial charge is 0.387 e. The first-order valence-corrected chi connectivity index (χ1v) is 8.21. The molecule has 3 rings (SSSR count). The van der Waals surface area contributed by atoms with Gasteiger partial charge in [-0.1, -0.05) is 35.9 Å². The lowest BCUT2D eigenvalue weighted by Crippen LogP contribution is -2.28. The molecule has 0 bridgehead atoms. The molecule has 132 valence electrons. The lowest BCUT2D eigenvalue weighted by atomic mass is 10.1. The maximum Gasteiger partial charge on any atom is 0.309 e. The summed E-state index contributed by atoms with van der Waals surface area (Å²) in [5.41, 5.74) is 2.14. The second kappa shape index (κ2) is 8.03. The van der Waals surface area contributed by atoms with Gasteiger partial charge in [-0.3, -0.25) is 4.79 Å². The zero-order chi connectivity index (χ0) is 18.5. The van der Waals surface area contributed by atoms with Gasteiger partial charge >= 0.3 is 6.08 Å². The molecule has 0 aliphatic carbocycles. The van der Waals surface area contributed by atoms with Crippen LogP contribution in [-0.4, -0.2) is 27.5 Å². The van der Waals surface area contributed by atoms with Gasteiger partial charge in [0, 0.05) is 28.9 Å². The number of amides is 1. The van der Waals surface area contributed by atoms with E-state index in [0.29, 0.717) is 27.4 Å². The van der Waals surface area contributed by atoms with Gasteiger partial charge in [-0.25, -0.2) is 9.97 Å². The van der Waals surface area contributed by atoms with Crippen LogP contribution >= 0.6 is 11.6 Å². The third-order valence-corrected chi connectivity index (χ3v) is 3.99. The van der Waals surface area contributed by atoms with E-state index >= 15 is 0 Å². The van der Waals surface area contributed by atoms with E-state index in [4.69, 9.17) is 11.6 Å². The Morgan fingerprint density at radius 2 is 1.96 bits per heavy atom. The van der Waals surface area contributed by atoms with Crippen LogP contribution in [0.1, 0.15) is 22.0 Å². The molecule has 26 heavy (non-hydrogen) atoms. The molecule has 5 nitrogen and oxygen atoms in total. The van der Waals surface area contributed by atoms with E-state index in [2.05, 4.69) is 15.3 Å². The van der Waals surface area contributed by atoms with Crippen LogP contribution in [0.3, 0.4) is 0 Å². The molecule has 1 amide bonds. The average molecular weight is 372 g/mol. The van der Waals surface area contributed by atoms with Gasteiger partial charge in [-0.05, 0) is 35.9 Å². The number of aliphatic hydroxyl groups is 1. The number of carbonyl (C=O) groups excluding carboxylic acids is 1.